The van der Waals surface area contributed by atoms with Crippen LogP contribution in [-0.2, 0) is 28.6 Å². The van der Waals surface area contributed by atoms with Gasteiger partial charge in [0.25, 0.3) is 0 Å². The van der Waals surface area contributed by atoms with Crippen molar-refractivity contribution in [1.82, 2.24) is 0 Å². The van der Waals surface area contributed by atoms with E-state index in [9.17, 15) is 14.4 Å². The van der Waals surface area contributed by atoms with Crippen molar-refractivity contribution >= 4 is 17.9 Å². The van der Waals surface area contributed by atoms with Gasteiger partial charge in [0.05, 0.1) is 0 Å². The number of rotatable bonds is 41. The molecule has 0 aliphatic rings. The van der Waals surface area contributed by atoms with Gasteiger partial charge in [-0.3, -0.25) is 14.4 Å². The van der Waals surface area contributed by atoms with Gasteiger partial charge in [0.15, 0.2) is 6.10 Å². The van der Waals surface area contributed by atoms with Gasteiger partial charge in [0.1, 0.15) is 13.2 Å². The molecule has 0 aromatic carbocycles. The van der Waals surface area contributed by atoms with E-state index in [1.54, 1.807) is 0 Å². The van der Waals surface area contributed by atoms with Crippen LogP contribution < -0.4 is 0 Å². The second-order valence-electron chi connectivity index (χ2n) is 15.3. The van der Waals surface area contributed by atoms with E-state index in [0.717, 1.165) is 116 Å². The van der Waals surface area contributed by atoms with E-state index in [4.69, 9.17) is 14.2 Å². The van der Waals surface area contributed by atoms with E-state index < -0.39 is 6.10 Å². The molecule has 0 aliphatic carbocycles. The van der Waals surface area contributed by atoms with Crippen LogP contribution in [0.25, 0.3) is 0 Å². The summed E-state index contributed by atoms with van der Waals surface area (Å²) >= 11 is 0. The third-order valence-corrected chi connectivity index (χ3v) is 9.68. The van der Waals surface area contributed by atoms with Crippen LogP contribution in [0.5, 0.6) is 0 Å². The zero-order valence-corrected chi connectivity index (χ0v) is 37.5. The zero-order valence-electron chi connectivity index (χ0n) is 37.5. The van der Waals surface area contributed by atoms with Crippen molar-refractivity contribution in [2.24, 2.45) is 0 Å². The maximum atomic E-state index is 12.7. The van der Waals surface area contributed by atoms with E-state index in [1.165, 1.54) is 51.4 Å². The molecule has 0 N–H and O–H groups in total. The summed E-state index contributed by atoms with van der Waals surface area (Å²) in [4.78, 5) is 37.8. The highest BCUT2D eigenvalue weighted by atomic mass is 16.6. The number of hydrogen-bond acceptors (Lipinski definition) is 6. The fourth-order valence-electron chi connectivity index (χ4n) is 6.14. The largest absolute Gasteiger partial charge is 0.462 e. The molecule has 6 heteroatoms. The second kappa shape index (κ2) is 46.3. The summed E-state index contributed by atoms with van der Waals surface area (Å²) in [6.07, 6.45) is 58.5. The van der Waals surface area contributed by atoms with Gasteiger partial charge in [-0.15, -0.1) is 0 Å². The van der Waals surface area contributed by atoms with E-state index >= 15 is 0 Å². The Morgan fingerprint density at radius 1 is 0.379 bits per heavy atom. The summed E-state index contributed by atoms with van der Waals surface area (Å²) in [6, 6.07) is 0. The molecule has 330 valence electrons. The molecule has 0 aliphatic heterocycles. The fraction of sp³-hybridized carbons (Fsp3) is 0.673. The molecular formula is C52H86O6. The highest BCUT2D eigenvalue weighted by Crippen LogP contribution is 2.13. The Morgan fingerprint density at radius 2 is 0.759 bits per heavy atom. The van der Waals surface area contributed by atoms with Crippen molar-refractivity contribution in [1.29, 1.82) is 0 Å². The van der Waals surface area contributed by atoms with Crippen molar-refractivity contribution in [2.45, 2.75) is 213 Å². The van der Waals surface area contributed by atoms with Crippen LogP contribution in [0.3, 0.4) is 0 Å². The van der Waals surface area contributed by atoms with Gasteiger partial charge in [0.2, 0.25) is 0 Å². The lowest BCUT2D eigenvalue weighted by Gasteiger charge is -2.18. The standard InChI is InChI=1S/C52H86O6/c1-4-7-10-13-16-19-22-24-26-28-30-33-36-39-42-45-51(54)57-48-49(47-56-50(53)44-41-38-35-32-29-21-18-15-12-9-6-3)58-52(55)46-43-40-37-34-31-27-25-23-20-17-14-11-8-5-2/h7-8,10-11,13,15-20,22,25,27,49H,4-6,9,12,14,21,23-24,26,28-48H2,1-3H3/b10-7-,11-8-,16-13-,18-15-,20-17-,22-19-,27-25-. The Kier molecular flexibility index (Phi) is 43.6. The lowest BCUT2D eigenvalue weighted by atomic mass is 10.1. The topological polar surface area (TPSA) is 78.9 Å². The molecule has 0 saturated carbocycles. The molecular weight excluding hydrogens is 721 g/mol. The van der Waals surface area contributed by atoms with Gasteiger partial charge in [-0.2, -0.15) is 0 Å². The molecule has 58 heavy (non-hydrogen) atoms. The van der Waals surface area contributed by atoms with Gasteiger partial charge >= 0.3 is 17.9 Å². The lowest BCUT2D eigenvalue weighted by Crippen LogP contribution is -2.30. The highest BCUT2D eigenvalue weighted by molar-refractivity contribution is 5.71. The monoisotopic (exact) mass is 807 g/mol. The maximum absolute atomic E-state index is 12.7. The first-order valence-electron chi connectivity index (χ1n) is 23.6. The van der Waals surface area contributed by atoms with Crippen molar-refractivity contribution < 1.29 is 28.6 Å². The van der Waals surface area contributed by atoms with Crippen molar-refractivity contribution in [3.05, 3.63) is 85.1 Å². The maximum Gasteiger partial charge on any atom is 0.306 e. The molecule has 0 heterocycles. The number of esters is 3. The van der Waals surface area contributed by atoms with Gasteiger partial charge in [-0.1, -0.05) is 183 Å². The van der Waals surface area contributed by atoms with Crippen molar-refractivity contribution in [3.63, 3.8) is 0 Å². The molecule has 0 radical (unpaired) electrons. The summed E-state index contributed by atoms with van der Waals surface area (Å²) in [5, 5.41) is 0. The Labute approximate surface area is 356 Å². The number of ether oxygens (including phenoxy) is 3. The van der Waals surface area contributed by atoms with E-state index in [0.29, 0.717) is 19.3 Å². The predicted octanol–water partition coefficient (Wildman–Crippen LogP) is 15.3. The van der Waals surface area contributed by atoms with Crippen LogP contribution in [-0.4, -0.2) is 37.2 Å². The molecule has 6 nitrogen and oxygen atoms in total. The smallest absolute Gasteiger partial charge is 0.306 e. The fourth-order valence-corrected chi connectivity index (χ4v) is 6.14. The van der Waals surface area contributed by atoms with Crippen LogP contribution in [0, 0.1) is 0 Å². The summed E-state index contributed by atoms with van der Waals surface area (Å²) in [5.41, 5.74) is 0. The van der Waals surface area contributed by atoms with Gasteiger partial charge < -0.3 is 14.2 Å². The number of carbonyl (C=O) groups is 3. The second-order valence-corrected chi connectivity index (χ2v) is 15.3. The molecule has 0 bridgehead atoms. The molecule has 0 aromatic rings. The first-order valence-corrected chi connectivity index (χ1v) is 23.6. The number of hydrogen-bond donors (Lipinski definition) is 0. The number of unbranched alkanes of at least 4 members (excludes halogenated alkanes) is 18. The van der Waals surface area contributed by atoms with Crippen LogP contribution in [0.1, 0.15) is 207 Å². The SMILES string of the molecule is CC\C=C/C=C\C=C/CCCCCCCCCC(=O)OCC(COC(=O)CCCCCCC/C=C\CCCC)OC(=O)CCCCCC/C=C\C/C=C\C/C=C\CC. The van der Waals surface area contributed by atoms with Crippen LogP contribution in [0.4, 0.5) is 0 Å². The summed E-state index contributed by atoms with van der Waals surface area (Å²) in [6.45, 7) is 6.30. The quantitative estimate of drug-likeness (QED) is 0.0201. The average Bonchev–Trinajstić information content (AvgIpc) is 3.22. The average molecular weight is 807 g/mol. The Bertz CT molecular complexity index is 1160. The molecule has 0 saturated heterocycles. The lowest BCUT2D eigenvalue weighted by molar-refractivity contribution is -0.167. The predicted molar refractivity (Wildman–Crippen MR) is 247 cm³/mol. The summed E-state index contributed by atoms with van der Waals surface area (Å²) in [5.74, 6) is -0.945. The van der Waals surface area contributed by atoms with Crippen LogP contribution in [0.2, 0.25) is 0 Å². The number of carbonyl (C=O) groups excluding carboxylic acids is 3. The van der Waals surface area contributed by atoms with Crippen molar-refractivity contribution in [2.75, 3.05) is 13.2 Å². The number of allylic oxidation sites excluding steroid dienone is 14. The van der Waals surface area contributed by atoms with E-state index in [2.05, 4.69) is 106 Å². The molecule has 0 fully saturated rings. The minimum absolute atomic E-state index is 0.0953. The molecule has 1 atom stereocenters. The first-order chi connectivity index (χ1) is 28.5. The van der Waals surface area contributed by atoms with Gasteiger partial charge in [0, 0.05) is 19.3 Å². The molecule has 0 spiro atoms. The molecule has 0 rings (SSSR count). The van der Waals surface area contributed by atoms with E-state index in [-0.39, 0.29) is 31.1 Å². The normalized spacial score (nSPS) is 12.8. The first kappa shape index (κ1) is 54.6. The van der Waals surface area contributed by atoms with Crippen LogP contribution >= 0.6 is 0 Å². The third kappa shape index (κ3) is 43.7. The summed E-state index contributed by atoms with van der Waals surface area (Å²) < 4.78 is 16.7. The minimum Gasteiger partial charge on any atom is -0.462 e. The third-order valence-electron chi connectivity index (χ3n) is 9.68. The highest BCUT2D eigenvalue weighted by Gasteiger charge is 2.19. The molecule has 0 amide bonds. The van der Waals surface area contributed by atoms with Crippen LogP contribution in [0.15, 0.2) is 85.1 Å². The Hall–Kier alpha value is -3.41. The summed E-state index contributed by atoms with van der Waals surface area (Å²) in [7, 11) is 0. The van der Waals surface area contributed by atoms with E-state index in [1.807, 2.05) is 0 Å². The zero-order chi connectivity index (χ0) is 42.3. The van der Waals surface area contributed by atoms with Gasteiger partial charge in [-0.25, -0.2) is 0 Å². The van der Waals surface area contributed by atoms with Gasteiger partial charge in [-0.05, 0) is 89.9 Å². The Balaban J connectivity index is 4.45. The molecule has 0 aromatic heterocycles. The Morgan fingerprint density at radius 3 is 1.26 bits per heavy atom. The van der Waals surface area contributed by atoms with Crippen molar-refractivity contribution in [3.8, 4) is 0 Å². The molecule has 1 unspecified atom stereocenters. The minimum atomic E-state index is -0.795.